The van der Waals surface area contributed by atoms with Crippen molar-refractivity contribution in [1.82, 2.24) is 10.6 Å². The average molecular weight is 313 g/mol. The molecule has 21 heavy (non-hydrogen) atoms. The summed E-state index contributed by atoms with van der Waals surface area (Å²) in [6, 6.07) is 2.52. The lowest BCUT2D eigenvalue weighted by Gasteiger charge is -2.28. The van der Waals surface area contributed by atoms with Gasteiger partial charge in [-0.05, 0) is 31.5 Å². The number of halogens is 2. The Labute approximate surface area is 126 Å². The molecule has 1 aromatic rings. The van der Waals surface area contributed by atoms with Crippen molar-refractivity contribution in [1.29, 1.82) is 0 Å². The zero-order valence-electron chi connectivity index (χ0n) is 11.5. The Kier molecular flexibility index (Phi) is 4.47. The molecule has 0 spiro atoms. The number of benzene rings is 1. The van der Waals surface area contributed by atoms with Crippen LogP contribution in [0.25, 0.3) is 0 Å². The van der Waals surface area contributed by atoms with Crippen molar-refractivity contribution in [2.24, 2.45) is 0 Å². The summed E-state index contributed by atoms with van der Waals surface area (Å²) in [5.41, 5.74) is 1.04. The van der Waals surface area contributed by atoms with Crippen LogP contribution in [0.5, 0.6) is 0 Å². The lowest BCUT2D eigenvalue weighted by molar-refractivity contribution is -0.139. The minimum Gasteiger partial charge on any atom is -0.463 e. The van der Waals surface area contributed by atoms with Gasteiger partial charge in [0.15, 0.2) is 0 Å². The van der Waals surface area contributed by atoms with Crippen LogP contribution in [0.4, 0.5) is 9.18 Å². The molecule has 0 saturated heterocycles. The number of carbonyl (C=O) groups excluding carboxylic acids is 2. The lowest BCUT2D eigenvalue weighted by Crippen LogP contribution is -2.45. The molecule has 1 unspecified atom stereocenters. The Morgan fingerprint density at radius 3 is 2.81 bits per heavy atom. The molecule has 2 rings (SSSR count). The maximum absolute atomic E-state index is 13.2. The molecule has 1 aromatic carbocycles. The van der Waals surface area contributed by atoms with Crippen LogP contribution >= 0.6 is 11.6 Å². The highest BCUT2D eigenvalue weighted by Crippen LogP contribution is 2.32. The Morgan fingerprint density at radius 2 is 2.19 bits per heavy atom. The van der Waals surface area contributed by atoms with E-state index in [1.807, 2.05) is 0 Å². The van der Waals surface area contributed by atoms with E-state index in [-0.39, 0.29) is 17.2 Å². The topological polar surface area (TPSA) is 67.4 Å². The Balaban J connectivity index is 2.49. The van der Waals surface area contributed by atoms with Crippen LogP contribution in [-0.2, 0) is 9.53 Å². The molecule has 0 fully saturated rings. The number of esters is 1. The number of allylic oxidation sites excluding steroid dienone is 1. The molecule has 0 aromatic heterocycles. The van der Waals surface area contributed by atoms with E-state index in [1.54, 1.807) is 13.8 Å². The average Bonchev–Trinajstić information content (AvgIpc) is 2.37. The molecule has 0 saturated carbocycles. The zero-order chi connectivity index (χ0) is 15.6. The first-order valence-corrected chi connectivity index (χ1v) is 6.72. The summed E-state index contributed by atoms with van der Waals surface area (Å²) in [4.78, 5) is 23.7. The molecule has 1 heterocycles. The van der Waals surface area contributed by atoms with Crippen LogP contribution in [0.15, 0.2) is 29.5 Å². The van der Waals surface area contributed by atoms with Crippen LogP contribution in [0.3, 0.4) is 0 Å². The molecule has 1 atom stereocenters. The summed E-state index contributed by atoms with van der Waals surface area (Å²) in [6.45, 7) is 3.48. The smallest absolute Gasteiger partial charge is 0.338 e. The van der Waals surface area contributed by atoms with Gasteiger partial charge in [0.2, 0.25) is 0 Å². The molecular weight excluding hydrogens is 299 g/mol. The van der Waals surface area contributed by atoms with Gasteiger partial charge in [-0.2, -0.15) is 0 Å². The van der Waals surface area contributed by atoms with Gasteiger partial charge >= 0.3 is 12.0 Å². The first kappa shape index (κ1) is 15.3. The molecule has 0 radical (unpaired) electrons. The van der Waals surface area contributed by atoms with Gasteiger partial charge in [-0.15, -0.1) is 0 Å². The lowest BCUT2D eigenvalue weighted by atomic mass is 9.95. The molecule has 1 aliphatic heterocycles. The maximum atomic E-state index is 13.2. The summed E-state index contributed by atoms with van der Waals surface area (Å²) in [5.74, 6) is -1.06. The van der Waals surface area contributed by atoms with E-state index in [1.165, 1.54) is 12.1 Å². The van der Waals surface area contributed by atoms with Gasteiger partial charge in [-0.1, -0.05) is 17.7 Å². The molecule has 0 bridgehead atoms. The molecule has 5 nitrogen and oxygen atoms in total. The Hall–Kier alpha value is -2.08. The van der Waals surface area contributed by atoms with Gasteiger partial charge in [-0.25, -0.2) is 14.0 Å². The summed E-state index contributed by atoms with van der Waals surface area (Å²) in [6.07, 6.45) is 0. The van der Waals surface area contributed by atoms with E-state index in [9.17, 15) is 14.0 Å². The van der Waals surface area contributed by atoms with Crippen molar-refractivity contribution >= 4 is 23.6 Å². The van der Waals surface area contributed by atoms with E-state index in [2.05, 4.69) is 10.6 Å². The van der Waals surface area contributed by atoms with E-state index < -0.39 is 23.9 Å². The third-order valence-corrected chi connectivity index (χ3v) is 3.37. The molecule has 7 heteroatoms. The van der Waals surface area contributed by atoms with Crippen molar-refractivity contribution in [3.63, 3.8) is 0 Å². The normalized spacial score (nSPS) is 18.1. The SMILES string of the molecule is CCOC(=O)C1=C(C)NC(=O)NC1c1ccc(F)cc1Cl. The molecule has 2 N–H and O–H groups in total. The van der Waals surface area contributed by atoms with Gasteiger partial charge in [0.1, 0.15) is 5.82 Å². The summed E-state index contributed by atoms with van der Waals surface area (Å²) in [7, 11) is 0. The Morgan fingerprint density at radius 1 is 1.48 bits per heavy atom. The fourth-order valence-corrected chi connectivity index (χ4v) is 2.42. The van der Waals surface area contributed by atoms with Crippen LogP contribution in [0, 0.1) is 5.82 Å². The summed E-state index contributed by atoms with van der Waals surface area (Å²) in [5, 5.41) is 5.23. The molecule has 1 aliphatic rings. The largest absolute Gasteiger partial charge is 0.463 e. The van der Waals surface area contributed by atoms with Crippen molar-refractivity contribution in [2.45, 2.75) is 19.9 Å². The predicted molar refractivity (Wildman–Crippen MR) is 75.2 cm³/mol. The first-order chi connectivity index (χ1) is 9.93. The van der Waals surface area contributed by atoms with E-state index in [0.717, 1.165) is 6.07 Å². The van der Waals surface area contributed by atoms with Crippen molar-refractivity contribution in [3.8, 4) is 0 Å². The molecular formula is C14H14ClFN2O3. The number of ether oxygens (including phenoxy) is 1. The predicted octanol–water partition coefficient (Wildman–Crippen LogP) is 2.67. The van der Waals surface area contributed by atoms with Crippen molar-refractivity contribution < 1.29 is 18.7 Å². The maximum Gasteiger partial charge on any atom is 0.338 e. The number of hydrogen-bond acceptors (Lipinski definition) is 3. The number of rotatable bonds is 3. The van der Waals surface area contributed by atoms with Gasteiger partial charge in [0, 0.05) is 10.7 Å². The number of nitrogens with one attached hydrogen (secondary N) is 2. The highest BCUT2D eigenvalue weighted by Gasteiger charge is 2.33. The minimum absolute atomic E-state index is 0.122. The van der Waals surface area contributed by atoms with Crippen LogP contribution < -0.4 is 10.6 Å². The molecule has 0 aliphatic carbocycles. The number of carbonyl (C=O) groups is 2. The third kappa shape index (κ3) is 3.16. The zero-order valence-corrected chi connectivity index (χ0v) is 12.3. The second-order valence-electron chi connectivity index (χ2n) is 4.46. The summed E-state index contributed by atoms with van der Waals surface area (Å²) < 4.78 is 18.2. The standard InChI is InChI=1S/C14H14ClFN2O3/c1-3-21-13(19)11-7(2)17-14(20)18-12(11)9-5-4-8(16)6-10(9)15/h4-6,12H,3H2,1-2H3,(H2,17,18,20). The highest BCUT2D eigenvalue weighted by atomic mass is 35.5. The second kappa shape index (κ2) is 6.13. The van der Waals surface area contributed by atoms with Gasteiger partial charge in [0.25, 0.3) is 0 Å². The van der Waals surface area contributed by atoms with Gasteiger partial charge in [-0.3, -0.25) is 0 Å². The number of urea groups is 1. The van der Waals surface area contributed by atoms with Crippen molar-refractivity contribution in [2.75, 3.05) is 6.61 Å². The monoisotopic (exact) mass is 312 g/mol. The Bertz CT molecular complexity index is 631. The van der Waals surface area contributed by atoms with Crippen LogP contribution in [-0.4, -0.2) is 18.6 Å². The third-order valence-electron chi connectivity index (χ3n) is 3.04. The minimum atomic E-state index is -0.786. The van der Waals surface area contributed by atoms with E-state index >= 15 is 0 Å². The van der Waals surface area contributed by atoms with E-state index in [4.69, 9.17) is 16.3 Å². The first-order valence-electron chi connectivity index (χ1n) is 6.34. The van der Waals surface area contributed by atoms with Gasteiger partial charge < -0.3 is 15.4 Å². The number of hydrogen-bond donors (Lipinski definition) is 2. The van der Waals surface area contributed by atoms with Crippen LogP contribution in [0.1, 0.15) is 25.5 Å². The second-order valence-corrected chi connectivity index (χ2v) is 4.86. The van der Waals surface area contributed by atoms with E-state index in [0.29, 0.717) is 11.3 Å². The number of amides is 2. The fraction of sp³-hybridized carbons (Fsp3) is 0.286. The summed E-state index contributed by atoms with van der Waals surface area (Å²) >= 11 is 6.02. The molecule has 2 amide bonds. The molecule has 112 valence electrons. The highest BCUT2D eigenvalue weighted by molar-refractivity contribution is 6.31. The van der Waals surface area contributed by atoms with Crippen LogP contribution in [0.2, 0.25) is 5.02 Å². The van der Waals surface area contributed by atoms with Gasteiger partial charge in [0.05, 0.1) is 18.2 Å². The van der Waals surface area contributed by atoms with Crippen molar-refractivity contribution in [3.05, 3.63) is 45.9 Å². The fourth-order valence-electron chi connectivity index (χ4n) is 2.14. The quantitative estimate of drug-likeness (QED) is 0.843.